The minimum atomic E-state index is -0.918. The standard InChI is InChI=1S/C11H10F2N2O/c1-3-15-11(16-7(2)14-15)10-8(12)5-4-6-9(10)13/h3-6,11H,1H2,2H3. The molecular formula is C11H10F2N2O. The number of halogens is 2. The second-order valence-corrected chi connectivity index (χ2v) is 3.29. The first-order valence-corrected chi connectivity index (χ1v) is 4.70. The zero-order valence-electron chi connectivity index (χ0n) is 8.65. The monoisotopic (exact) mass is 224 g/mol. The highest BCUT2D eigenvalue weighted by molar-refractivity contribution is 5.74. The van der Waals surface area contributed by atoms with E-state index in [4.69, 9.17) is 4.74 Å². The van der Waals surface area contributed by atoms with Crippen LogP contribution in [0, 0.1) is 11.6 Å². The van der Waals surface area contributed by atoms with Crippen molar-refractivity contribution in [3.05, 3.63) is 48.2 Å². The second kappa shape index (κ2) is 3.92. The Morgan fingerprint density at radius 2 is 2.06 bits per heavy atom. The largest absolute Gasteiger partial charge is 0.450 e. The highest BCUT2D eigenvalue weighted by Crippen LogP contribution is 2.31. The smallest absolute Gasteiger partial charge is 0.224 e. The number of hydrogen-bond acceptors (Lipinski definition) is 3. The molecule has 0 saturated carbocycles. The summed E-state index contributed by atoms with van der Waals surface area (Å²) in [6.07, 6.45) is 0.436. The summed E-state index contributed by atoms with van der Waals surface area (Å²) in [6.45, 7) is 5.11. The predicted octanol–water partition coefficient (Wildman–Crippen LogP) is 2.77. The molecule has 1 aromatic carbocycles. The van der Waals surface area contributed by atoms with Crippen molar-refractivity contribution < 1.29 is 13.5 Å². The van der Waals surface area contributed by atoms with Crippen molar-refractivity contribution in [2.45, 2.75) is 13.2 Å². The highest BCUT2D eigenvalue weighted by Gasteiger charge is 2.30. The Hall–Kier alpha value is -1.91. The number of benzene rings is 1. The van der Waals surface area contributed by atoms with Crippen LogP contribution in [0.15, 0.2) is 36.1 Å². The number of rotatable bonds is 2. The average Bonchev–Trinajstić information content (AvgIpc) is 2.59. The third-order valence-corrected chi connectivity index (χ3v) is 2.21. The molecular weight excluding hydrogens is 214 g/mol. The summed E-state index contributed by atoms with van der Waals surface area (Å²) < 4.78 is 32.3. The Labute approximate surface area is 91.6 Å². The third-order valence-electron chi connectivity index (χ3n) is 2.21. The Kier molecular flexibility index (Phi) is 2.60. The van der Waals surface area contributed by atoms with E-state index in [0.717, 1.165) is 0 Å². The molecule has 1 aliphatic heterocycles. The fourth-order valence-corrected chi connectivity index (χ4v) is 1.53. The van der Waals surface area contributed by atoms with Gasteiger partial charge in [-0.1, -0.05) is 12.6 Å². The second-order valence-electron chi connectivity index (χ2n) is 3.29. The van der Waals surface area contributed by atoms with Crippen LogP contribution in [0.25, 0.3) is 0 Å². The molecule has 0 saturated heterocycles. The van der Waals surface area contributed by atoms with Gasteiger partial charge in [0.15, 0.2) is 0 Å². The Bertz CT molecular complexity index is 439. The number of hydrazone groups is 1. The fourth-order valence-electron chi connectivity index (χ4n) is 1.53. The molecule has 0 amide bonds. The maximum Gasteiger partial charge on any atom is 0.224 e. The van der Waals surface area contributed by atoms with Gasteiger partial charge in [-0.25, -0.2) is 13.8 Å². The van der Waals surface area contributed by atoms with Gasteiger partial charge in [-0.05, 0) is 12.1 Å². The lowest BCUT2D eigenvalue weighted by molar-refractivity contribution is 0.0859. The lowest BCUT2D eigenvalue weighted by Crippen LogP contribution is -2.17. The van der Waals surface area contributed by atoms with Crippen LogP contribution in [0.3, 0.4) is 0 Å². The summed E-state index contributed by atoms with van der Waals surface area (Å²) in [4.78, 5) is 0. The first-order valence-electron chi connectivity index (χ1n) is 4.70. The van der Waals surface area contributed by atoms with Crippen LogP contribution in [-0.4, -0.2) is 10.9 Å². The first kappa shape index (κ1) is 10.6. The normalized spacial score (nSPS) is 19.3. The topological polar surface area (TPSA) is 24.8 Å². The van der Waals surface area contributed by atoms with Crippen LogP contribution in [0.1, 0.15) is 18.7 Å². The van der Waals surface area contributed by atoms with Gasteiger partial charge in [-0.15, -0.1) is 5.10 Å². The third kappa shape index (κ3) is 1.64. The van der Waals surface area contributed by atoms with Crippen molar-refractivity contribution in [1.29, 1.82) is 0 Å². The van der Waals surface area contributed by atoms with Crippen molar-refractivity contribution in [3.8, 4) is 0 Å². The van der Waals surface area contributed by atoms with Gasteiger partial charge in [0.25, 0.3) is 0 Å². The van der Waals surface area contributed by atoms with Crippen LogP contribution in [-0.2, 0) is 4.74 Å². The Morgan fingerprint density at radius 3 is 2.62 bits per heavy atom. The summed E-state index contributed by atoms with van der Waals surface area (Å²) >= 11 is 0. The van der Waals surface area contributed by atoms with Gasteiger partial charge in [0.2, 0.25) is 12.1 Å². The van der Waals surface area contributed by atoms with Crippen molar-refractivity contribution in [2.24, 2.45) is 5.10 Å². The van der Waals surface area contributed by atoms with E-state index in [-0.39, 0.29) is 5.56 Å². The molecule has 0 radical (unpaired) electrons. The lowest BCUT2D eigenvalue weighted by atomic mass is 10.1. The van der Waals surface area contributed by atoms with Crippen LogP contribution in [0.4, 0.5) is 8.78 Å². The van der Waals surface area contributed by atoms with Crippen LogP contribution < -0.4 is 0 Å². The molecule has 0 spiro atoms. The van der Waals surface area contributed by atoms with Crippen molar-refractivity contribution in [3.63, 3.8) is 0 Å². The summed E-state index contributed by atoms with van der Waals surface area (Å²) in [6, 6.07) is 3.66. The molecule has 1 aromatic rings. The predicted molar refractivity (Wildman–Crippen MR) is 55.3 cm³/mol. The molecule has 2 rings (SSSR count). The summed E-state index contributed by atoms with van der Waals surface area (Å²) in [5, 5.41) is 5.20. The van der Waals surface area contributed by atoms with E-state index < -0.39 is 17.9 Å². The van der Waals surface area contributed by atoms with Gasteiger partial charge in [0, 0.05) is 13.1 Å². The molecule has 3 nitrogen and oxygen atoms in total. The molecule has 0 aromatic heterocycles. The van der Waals surface area contributed by atoms with E-state index >= 15 is 0 Å². The molecule has 5 heteroatoms. The van der Waals surface area contributed by atoms with Crippen LogP contribution in [0.5, 0.6) is 0 Å². The summed E-state index contributed by atoms with van der Waals surface area (Å²) in [5.74, 6) is -0.990. The van der Waals surface area contributed by atoms with Gasteiger partial charge in [-0.3, -0.25) is 0 Å². The average molecular weight is 224 g/mol. The fraction of sp³-hybridized carbons (Fsp3) is 0.182. The molecule has 0 aliphatic carbocycles. The molecule has 1 aliphatic rings. The molecule has 1 heterocycles. The molecule has 0 bridgehead atoms. The van der Waals surface area contributed by atoms with E-state index in [9.17, 15) is 8.78 Å². The molecule has 0 N–H and O–H groups in total. The minimum absolute atomic E-state index is 0.164. The van der Waals surface area contributed by atoms with Crippen LogP contribution in [0.2, 0.25) is 0 Å². The molecule has 0 fully saturated rings. The quantitative estimate of drug-likeness (QED) is 0.771. The van der Waals surface area contributed by atoms with Gasteiger partial charge in [-0.2, -0.15) is 0 Å². The SMILES string of the molecule is C=CN1N=C(C)OC1c1c(F)cccc1F. The van der Waals surface area contributed by atoms with Gasteiger partial charge >= 0.3 is 0 Å². The minimum Gasteiger partial charge on any atom is -0.450 e. The van der Waals surface area contributed by atoms with Crippen molar-refractivity contribution >= 4 is 5.90 Å². The maximum absolute atomic E-state index is 13.5. The zero-order chi connectivity index (χ0) is 11.7. The molecule has 1 unspecified atom stereocenters. The molecule has 1 atom stereocenters. The van der Waals surface area contributed by atoms with E-state index in [1.807, 2.05) is 0 Å². The molecule has 84 valence electrons. The number of nitrogens with zero attached hydrogens (tertiary/aromatic N) is 2. The van der Waals surface area contributed by atoms with Crippen molar-refractivity contribution in [1.82, 2.24) is 5.01 Å². The number of ether oxygens (including phenoxy) is 1. The van der Waals surface area contributed by atoms with Crippen LogP contribution >= 0.6 is 0 Å². The zero-order valence-corrected chi connectivity index (χ0v) is 8.65. The van der Waals surface area contributed by atoms with Gasteiger partial charge in [0.05, 0.1) is 5.56 Å². The Balaban J connectivity index is 2.42. The van der Waals surface area contributed by atoms with E-state index in [2.05, 4.69) is 11.7 Å². The maximum atomic E-state index is 13.5. The molecule has 16 heavy (non-hydrogen) atoms. The van der Waals surface area contributed by atoms with Gasteiger partial charge in [0.1, 0.15) is 11.6 Å². The highest BCUT2D eigenvalue weighted by atomic mass is 19.1. The Morgan fingerprint density at radius 1 is 1.44 bits per heavy atom. The van der Waals surface area contributed by atoms with Crippen molar-refractivity contribution in [2.75, 3.05) is 0 Å². The van der Waals surface area contributed by atoms with E-state index in [0.29, 0.717) is 5.90 Å². The van der Waals surface area contributed by atoms with Gasteiger partial charge < -0.3 is 4.74 Å². The van der Waals surface area contributed by atoms with E-state index in [1.165, 1.54) is 29.4 Å². The summed E-state index contributed by atoms with van der Waals surface area (Å²) in [7, 11) is 0. The lowest BCUT2D eigenvalue weighted by Gasteiger charge is -2.19. The van der Waals surface area contributed by atoms with E-state index in [1.54, 1.807) is 6.92 Å². The first-order chi connectivity index (χ1) is 7.63. The summed E-state index contributed by atoms with van der Waals surface area (Å²) in [5.41, 5.74) is -0.164. The number of hydrogen-bond donors (Lipinski definition) is 0.